The molecule has 0 unspecified atom stereocenters. The Labute approximate surface area is 198 Å². The summed E-state index contributed by atoms with van der Waals surface area (Å²) in [4.78, 5) is 15.2. The molecule has 30 heavy (non-hydrogen) atoms. The quantitative estimate of drug-likeness (QED) is 0.339. The van der Waals surface area contributed by atoms with Gasteiger partial charge in [0, 0.05) is 21.7 Å². The molecule has 2 aliphatic heterocycles. The smallest absolute Gasteiger partial charge is 0.266 e. The molecule has 0 saturated carbocycles. The summed E-state index contributed by atoms with van der Waals surface area (Å²) in [5.41, 5.74) is 1.83. The first-order chi connectivity index (χ1) is 14.5. The van der Waals surface area contributed by atoms with Crippen LogP contribution in [0.15, 0.2) is 51.8 Å². The number of carbonyl (C=O) groups excluding carboxylic acids is 1. The average molecular weight is 525 g/mol. The standard InChI is InChI=1S/C22H19BrClNO3S2/c23-16-5-8-19(28-13-14-3-6-17(24)7-4-14)15(10-16)11-20-21(26)25(22(29)30-20)12-18-2-1-9-27-18/h3-8,10-11,18H,1-2,9,12-13H2/b20-11-/t18-/m0/s1. The zero-order valence-electron chi connectivity index (χ0n) is 16.0. The molecule has 0 aliphatic carbocycles. The molecule has 2 aliphatic rings. The molecular formula is C22H19BrClNO3S2. The number of nitrogens with zero attached hydrogens (tertiary/aromatic N) is 1. The molecular weight excluding hydrogens is 506 g/mol. The van der Waals surface area contributed by atoms with E-state index in [1.165, 1.54) is 11.8 Å². The first-order valence-electron chi connectivity index (χ1n) is 9.53. The van der Waals surface area contributed by atoms with Crippen molar-refractivity contribution in [2.75, 3.05) is 13.2 Å². The minimum Gasteiger partial charge on any atom is -0.488 e. The summed E-state index contributed by atoms with van der Waals surface area (Å²) in [6, 6.07) is 13.3. The van der Waals surface area contributed by atoms with Gasteiger partial charge in [0.1, 0.15) is 16.7 Å². The Morgan fingerprint density at radius 3 is 2.83 bits per heavy atom. The van der Waals surface area contributed by atoms with Crippen LogP contribution in [0.25, 0.3) is 6.08 Å². The van der Waals surface area contributed by atoms with Crippen molar-refractivity contribution in [1.82, 2.24) is 4.90 Å². The number of carbonyl (C=O) groups is 1. The van der Waals surface area contributed by atoms with Crippen LogP contribution in [0.3, 0.4) is 0 Å². The number of amides is 1. The van der Waals surface area contributed by atoms with Crippen molar-refractivity contribution < 1.29 is 14.3 Å². The van der Waals surface area contributed by atoms with Crippen molar-refractivity contribution in [1.29, 1.82) is 0 Å². The fourth-order valence-electron chi connectivity index (χ4n) is 3.30. The molecule has 4 nitrogen and oxygen atoms in total. The van der Waals surface area contributed by atoms with Crippen molar-refractivity contribution in [3.8, 4) is 5.75 Å². The summed E-state index contributed by atoms with van der Waals surface area (Å²) in [6.07, 6.45) is 3.90. The van der Waals surface area contributed by atoms with Gasteiger partial charge in [-0.05, 0) is 54.8 Å². The number of rotatable bonds is 6. The normalized spacial score (nSPS) is 20.4. The Balaban J connectivity index is 1.52. The highest BCUT2D eigenvalue weighted by Crippen LogP contribution is 2.36. The molecule has 156 valence electrons. The molecule has 2 fully saturated rings. The number of ether oxygens (including phenoxy) is 2. The highest BCUT2D eigenvalue weighted by atomic mass is 79.9. The fraction of sp³-hybridized carbons (Fsp3) is 0.273. The molecule has 0 aromatic heterocycles. The van der Waals surface area contributed by atoms with Crippen LogP contribution in [0.1, 0.15) is 24.0 Å². The zero-order chi connectivity index (χ0) is 21.1. The molecule has 2 heterocycles. The second-order valence-corrected chi connectivity index (χ2v) is 10.1. The molecule has 2 aromatic rings. The molecule has 0 radical (unpaired) electrons. The van der Waals surface area contributed by atoms with E-state index in [0.29, 0.717) is 33.1 Å². The lowest BCUT2D eigenvalue weighted by atomic mass is 10.1. The third kappa shape index (κ3) is 5.26. The van der Waals surface area contributed by atoms with E-state index >= 15 is 0 Å². The van der Waals surface area contributed by atoms with Crippen LogP contribution in [0.4, 0.5) is 0 Å². The Bertz CT molecular complexity index is 990. The van der Waals surface area contributed by atoms with E-state index in [1.54, 1.807) is 4.90 Å². The second kappa shape index (κ2) is 9.83. The molecule has 0 spiro atoms. The van der Waals surface area contributed by atoms with Gasteiger partial charge in [-0.1, -0.05) is 63.6 Å². The third-order valence-corrected chi connectivity index (χ3v) is 6.97. The molecule has 1 atom stereocenters. The summed E-state index contributed by atoms with van der Waals surface area (Å²) in [5.74, 6) is 0.613. The van der Waals surface area contributed by atoms with E-state index < -0.39 is 0 Å². The minimum atomic E-state index is -0.0795. The maximum Gasteiger partial charge on any atom is 0.266 e. The lowest BCUT2D eigenvalue weighted by Gasteiger charge is -2.18. The highest BCUT2D eigenvalue weighted by Gasteiger charge is 2.34. The van der Waals surface area contributed by atoms with Crippen LogP contribution < -0.4 is 4.74 Å². The van der Waals surface area contributed by atoms with E-state index in [2.05, 4.69) is 15.9 Å². The SMILES string of the molecule is O=C1/C(=C/c2cc(Br)ccc2OCc2ccc(Cl)cc2)SC(=S)N1C[C@@H]1CCCO1. The van der Waals surface area contributed by atoms with Crippen molar-refractivity contribution in [2.24, 2.45) is 0 Å². The van der Waals surface area contributed by atoms with Gasteiger partial charge in [0.25, 0.3) is 5.91 Å². The largest absolute Gasteiger partial charge is 0.488 e. The van der Waals surface area contributed by atoms with Crippen LogP contribution in [0.5, 0.6) is 5.75 Å². The molecule has 1 amide bonds. The van der Waals surface area contributed by atoms with Crippen molar-refractivity contribution in [3.05, 3.63) is 68.0 Å². The lowest BCUT2D eigenvalue weighted by molar-refractivity contribution is -0.123. The van der Waals surface area contributed by atoms with Gasteiger partial charge >= 0.3 is 0 Å². The molecule has 2 saturated heterocycles. The van der Waals surface area contributed by atoms with Crippen molar-refractivity contribution in [2.45, 2.75) is 25.6 Å². The summed E-state index contributed by atoms with van der Waals surface area (Å²) in [6.45, 7) is 1.67. The van der Waals surface area contributed by atoms with Gasteiger partial charge in [-0.15, -0.1) is 0 Å². The van der Waals surface area contributed by atoms with Crippen LogP contribution >= 0.6 is 51.5 Å². The van der Waals surface area contributed by atoms with Crippen molar-refractivity contribution >= 4 is 67.8 Å². The summed E-state index contributed by atoms with van der Waals surface area (Å²) in [5, 5.41) is 0.688. The maximum atomic E-state index is 12.9. The van der Waals surface area contributed by atoms with E-state index in [-0.39, 0.29) is 12.0 Å². The monoisotopic (exact) mass is 523 g/mol. The van der Waals surface area contributed by atoms with Crippen molar-refractivity contribution in [3.63, 3.8) is 0 Å². The molecule has 2 aromatic carbocycles. The van der Waals surface area contributed by atoms with E-state index in [4.69, 9.17) is 33.3 Å². The average Bonchev–Trinajstić information content (AvgIpc) is 3.33. The minimum absolute atomic E-state index is 0.0657. The van der Waals surface area contributed by atoms with Crippen LogP contribution in [-0.4, -0.2) is 34.4 Å². The molecule has 4 rings (SSSR count). The summed E-state index contributed by atoms with van der Waals surface area (Å²) < 4.78 is 13.2. The number of benzene rings is 2. The molecule has 0 bridgehead atoms. The van der Waals surface area contributed by atoms with Gasteiger partial charge in [0.15, 0.2) is 0 Å². The lowest BCUT2D eigenvalue weighted by Crippen LogP contribution is -2.35. The second-order valence-electron chi connectivity index (χ2n) is 7.02. The van der Waals surface area contributed by atoms with Gasteiger partial charge in [0.05, 0.1) is 17.6 Å². The van der Waals surface area contributed by atoms with E-state index in [1.807, 2.05) is 48.5 Å². The predicted octanol–water partition coefficient (Wildman–Crippen LogP) is 6.06. The van der Waals surface area contributed by atoms with Crippen LogP contribution in [0.2, 0.25) is 5.02 Å². The first kappa shape index (κ1) is 21.8. The van der Waals surface area contributed by atoms with Gasteiger partial charge < -0.3 is 9.47 Å². The Morgan fingerprint density at radius 2 is 2.10 bits per heavy atom. The highest BCUT2D eigenvalue weighted by molar-refractivity contribution is 9.10. The summed E-state index contributed by atoms with van der Waals surface area (Å²) >= 11 is 16.2. The Hall–Kier alpha value is -1.38. The van der Waals surface area contributed by atoms with Gasteiger partial charge in [-0.25, -0.2) is 0 Å². The number of hydrogen-bond acceptors (Lipinski definition) is 5. The van der Waals surface area contributed by atoms with Gasteiger partial charge in [0.2, 0.25) is 0 Å². The van der Waals surface area contributed by atoms with Crippen LogP contribution in [-0.2, 0) is 16.1 Å². The maximum absolute atomic E-state index is 12.9. The number of thiocarbonyl (C=S) groups is 1. The predicted molar refractivity (Wildman–Crippen MR) is 129 cm³/mol. The Morgan fingerprint density at radius 1 is 1.30 bits per heavy atom. The number of hydrogen-bond donors (Lipinski definition) is 0. The van der Waals surface area contributed by atoms with E-state index in [0.717, 1.165) is 35.0 Å². The fourth-order valence-corrected chi connectivity index (χ4v) is 5.07. The Kier molecular flexibility index (Phi) is 7.16. The number of thioether (sulfide) groups is 1. The molecule has 0 N–H and O–H groups in total. The van der Waals surface area contributed by atoms with Gasteiger partial charge in [-0.3, -0.25) is 9.69 Å². The summed E-state index contributed by atoms with van der Waals surface area (Å²) in [7, 11) is 0. The topological polar surface area (TPSA) is 38.8 Å². The first-order valence-corrected chi connectivity index (χ1v) is 11.9. The van der Waals surface area contributed by atoms with Crippen LogP contribution in [0, 0.1) is 0 Å². The van der Waals surface area contributed by atoms with E-state index in [9.17, 15) is 4.79 Å². The zero-order valence-corrected chi connectivity index (χ0v) is 20.0. The molecule has 8 heteroatoms. The number of halogens is 2. The van der Waals surface area contributed by atoms with Gasteiger partial charge in [-0.2, -0.15) is 0 Å². The third-order valence-electron chi connectivity index (χ3n) is 4.85.